The molecule has 2 aromatic heterocycles. The number of aryl methyl sites for hydroxylation is 2. The Morgan fingerprint density at radius 1 is 1.19 bits per heavy atom. The minimum atomic E-state index is -0.442. The lowest BCUT2D eigenvalue weighted by Gasteiger charge is -2.11. The van der Waals surface area contributed by atoms with Crippen LogP contribution in [0.2, 0.25) is 0 Å². The molecule has 32 heavy (non-hydrogen) atoms. The summed E-state index contributed by atoms with van der Waals surface area (Å²) in [6.45, 7) is 7.24. The third-order valence-corrected chi connectivity index (χ3v) is 5.94. The quantitative estimate of drug-likeness (QED) is 0.453. The highest BCUT2D eigenvalue weighted by Gasteiger charge is 2.19. The lowest BCUT2D eigenvalue weighted by molar-refractivity contribution is -0.116. The SMILES string of the molecule is CCCCn1c(=O)[nH]c(=O)c2c1nc(CCC(=O)Nc1ccc(SC)cc1)n2CC(C)C. The first kappa shape index (κ1) is 23.8. The van der Waals surface area contributed by atoms with E-state index in [-0.39, 0.29) is 18.2 Å². The summed E-state index contributed by atoms with van der Waals surface area (Å²) in [6, 6.07) is 7.68. The van der Waals surface area contributed by atoms with E-state index >= 15 is 0 Å². The number of fused-ring (bicyclic) bond motifs is 1. The third-order valence-electron chi connectivity index (χ3n) is 5.20. The summed E-state index contributed by atoms with van der Waals surface area (Å²) in [4.78, 5) is 45.8. The smallest absolute Gasteiger partial charge is 0.326 e. The molecule has 0 aliphatic rings. The first-order chi connectivity index (χ1) is 15.3. The number of imidazole rings is 1. The summed E-state index contributed by atoms with van der Waals surface area (Å²) in [5.41, 5.74) is 0.667. The maximum Gasteiger partial charge on any atom is 0.330 e. The first-order valence-electron chi connectivity index (χ1n) is 11.0. The predicted octanol–water partition coefficient (Wildman–Crippen LogP) is 3.64. The minimum Gasteiger partial charge on any atom is -0.326 e. The number of hydrogen-bond acceptors (Lipinski definition) is 5. The molecular formula is C23H31N5O3S. The van der Waals surface area contributed by atoms with Crippen LogP contribution in [-0.2, 0) is 24.3 Å². The van der Waals surface area contributed by atoms with Crippen molar-refractivity contribution < 1.29 is 4.79 Å². The van der Waals surface area contributed by atoms with Gasteiger partial charge in [-0.3, -0.25) is 19.1 Å². The van der Waals surface area contributed by atoms with E-state index in [1.54, 1.807) is 11.8 Å². The standard InChI is InChI=1S/C23H31N5O3S/c1-5-6-13-27-21-20(22(30)26-23(27)31)28(14-15(2)3)18(25-21)11-12-19(29)24-16-7-9-17(32-4)10-8-16/h7-10,15H,5-6,11-14H2,1-4H3,(H,24,29)(H,26,30,31). The van der Waals surface area contributed by atoms with Gasteiger partial charge in [0, 0.05) is 36.5 Å². The van der Waals surface area contributed by atoms with Gasteiger partial charge >= 0.3 is 5.69 Å². The van der Waals surface area contributed by atoms with Crippen molar-refractivity contribution >= 4 is 34.5 Å². The number of unbranched alkanes of at least 4 members (excludes halogenated alkanes) is 1. The molecule has 0 aliphatic heterocycles. The molecule has 0 spiro atoms. The lowest BCUT2D eigenvalue weighted by Crippen LogP contribution is -2.31. The van der Waals surface area contributed by atoms with Gasteiger partial charge in [0.25, 0.3) is 5.56 Å². The second kappa shape index (κ2) is 10.7. The summed E-state index contributed by atoms with van der Waals surface area (Å²) in [6.07, 6.45) is 4.33. The molecule has 0 unspecified atom stereocenters. The zero-order valence-electron chi connectivity index (χ0n) is 19.1. The summed E-state index contributed by atoms with van der Waals surface area (Å²) >= 11 is 1.64. The van der Waals surface area contributed by atoms with Crippen LogP contribution in [0.25, 0.3) is 11.2 Å². The number of nitrogens with one attached hydrogen (secondary N) is 2. The molecule has 0 saturated carbocycles. The monoisotopic (exact) mass is 457 g/mol. The predicted molar refractivity (Wildman–Crippen MR) is 130 cm³/mol. The van der Waals surface area contributed by atoms with Crippen molar-refractivity contribution in [3.63, 3.8) is 0 Å². The number of carbonyl (C=O) groups is 1. The van der Waals surface area contributed by atoms with Crippen LogP contribution in [-0.4, -0.2) is 31.3 Å². The highest BCUT2D eigenvalue weighted by molar-refractivity contribution is 7.98. The van der Waals surface area contributed by atoms with Gasteiger partial charge in [-0.1, -0.05) is 27.2 Å². The molecule has 0 bridgehead atoms. The normalized spacial score (nSPS) is 11.4. The van der Waals surface area contributed by atoms with Crippen LogP contribution in [0.1, 0.15) is 45.9 Å². The van der Waals surface area contributed by atoms with Crippen LogP contribution in [0.4, 0.5) is 5.69 Å². The molecule has 2 N–H and O–H groups in total. The fourth-order valence-corrected chi connectivity index (χ4v) is 4.03. The Bertz CT molecular complexity index is 1190. The van der Waals surface area contributed by atoms with E-state index in [1.807, 2.05) is 42.0 Å². The Balaban J connectivity index is 1.88. The van der Waals surface area contributed by atoms with E-state index in [0.29, 0.717) is 36.5 Å². The van der Waals surface area contributed by atoms with E-state index in [4.69, 9.17) is 0 Å². The number of rotatable bonds is 10. The Morgan fingerprint density at radius 3 is 2.53 bits per heavy atom. The van der Waals surface area contributed by atoms with Crippen LogP contribution >= 0.6 is 11.8 Å². The minimum absolute atomic E-state index is 0.123. The molecule has 3 aromatic rings. The molecule has 2 heterocycles. The van der Waals surface area contributed by atoms with Crippen LogP contribution in [0.5, 0.6) is 0 Å². The van der Waals surface area contributed by atoms with Gasteiger partial charge < -0.3 is 9.88 Å². The number of H-pyrrole nitrogens is 1. The largest absolute Gasteiger partial charge is 0.330 e. The van der Waals surface area contributed by atoms with Gasteiger partial charge in [0.1, 0.15) is 5.82 Å². The van der Waals surface area contributed by atoms with Crippen LogP contribution < -0.4 is 16.6 Å². The van der Waals surface area contributed by atoms with E-state index in [1.165, 1.54) is 4.57 Å². The number of anilines is 1. The number of hydrogen-bond donors (Lipinski definition) is 2. The number of aromatic nitrogens is 4. The summed E-state index contributed by atoms with van der Waals surface area (Å²) in [5, 5.41) is 2.91. The summed E-state index contributed by atoms with van der Waals surface area (Å²) < 4.78 is 3.40. The second-order valence-corrected chi connectivity index (χ2v) is 9.13. The van der Waals surface area contributed by atoms with Gasteiger partial charge in [-0.15, -0.1) is 11.8 Å². The average Bonchev–Trinajstić information content (AvgIpc) is 3.10. The van der Waals surface area contributed by atoms with E-state index in [2.05, 4.69) is 29.1 Å². The lowest BCUT2D eigenvalue weighted by atomic mass is 10.2. The number of thioether (sulfide) groups is 1. The molecule has 172 valence electrons. The van der Waals surface area contributed by atoms with Gasteiger partial charge in [-0.05, 0) is 42.9 Å². The molecular weight excluding hydrogens is 426 g/mol. The Labute approximate surface area is 191 Å². The van der Waals surface area contributed by atoms with E-state index < -0.39 is 11.2 Å². The molecule has 0 radical (unpaired) electrons. The van der Waals surface area contributed by atoms with Crippen molar-refractivity contribution in [3.8, 4) is 0 Å². The average molecular weight is 458 g/mol. The zero-order chi connectivity index (χ0) is 23.3. The Hall–Kier alpha value is -2.81. The number of amides is 1. The maximum absolute atomic E-state index is 12.7. The highest BCUT2D eigenvalue weighted by atomic mass is 32.2. The van der Waals surface area contributed by atoms with Crippen molar-refractivity contribution in [2.45, 2.75) is 64.4 Å². The van der Waals surface area contributed by atoms with Crippen LogP contribution in [0, 0.1) is 5.92 Å². The molecule has 9 heteroatoms. The Kier molecular flexibility index (Phi) is 7.95. The topological polar surface area (TPSA) is 102 Å². The van der Waals surface area contributed by atoms with Crippen molar-refractivity contribution in [1.82, 2.24) is 19.1 Å². The fourth-order valence-electron chi connectivity index (χ4n) is 3.62. The van der Waals surface area contributed by atoms with Crippen LogP contribution in [0.15, 0.2) is 38.8 Å². The molecule has 3 rings (SSSR count). The zero-order valence-corrected chi connectivity index (χ0v) is 19.9. The van der Waals surface area contributed by atoms with Crippen LogP contribution in [0.3, 0.4) is 0 Å². The van der Waals surface area contributed by atoms with Gasteiger partial charge in [0.2, 0.25) is 5.91 Å². The Morgan fingerprint density at radius 2 is 1.91 bits per heavy atom. The number of benzene rings is 1. The van der Waals surface area contributed by atoms with Gasteiger partial charge in [-0.25, -0.2) is 9.78 Å². The highest BCUT2D eigenvalue weighted by Crippen LogP contribution is 2.19. The fraction of sp³-hybridized carbons (Fsp3) is 0.478. The second-order valence-electron chi connectivity index (χ2n) is 8.25. The maximum atomic E-state index is 12.7. The molecule has 8 nitrogen and oxygen atoms in total. The van der Waals surface area contributed by atoms with Crippen molar-refractivity contribution in [2.75, 3.05) is 11.6 Å². The molecule has 0 atom stereocenters. The molecule has 0 aliphatic carbocycles. The molecule has 1 amide bonds. The first-order valence-corrected chi connectivity index (χ1v) is 12.2. The number of aromatic amines is 1. The number of carbonyl (C=O) groups excluding carboxylic acids is 1. The number of nitrogens with zero attached hydrogens (tertiary/aromatic N) is 3. The van der Waals surface area contributed by atoms with Gasteiger partial charge in [-0.2, -0.15) is 0 Å². The summed E-state index contributed by atoms with van der Waals surface area (Å²) in [7, 11) is 0. The summed E-state index contributed by atoms with van der Waals surface area (Å²) in [5.74, 6) is 0.788. The molecule has 0 saturated heterocycles. The van der Waals surface area contributed by atoms with Crippen molar-refractivity contribution in [1.29, 1.82) is 0 Å². The molecule has 1 aromatic carbocycles. The van der Waals surface area contributed by atoms with E-state index in [0.717, 1.165) is 23.4 Å². The van der Waals surface area contributed by atoms with E-state index in [9.17, 15) is 14.4 Å². The molecule has 0 fully saturated rings. The van der Waals surface area contributed by atoms with Gasteiger partial charge in [0.15, 0.2) is 11.2 Å². The van der Waals surface area contributed by atoms with Crippen molar-refractivity contribution in [3.05, 3.63) is 50.9 Å². The third kappa shape index (κ3) is 5.51. The van der Waals surface area contributed by atoms with Gasteiger partial charge in [0.05, 0.1) is 0 Å². The van der Waals surface area contributed by atoms with Crippen molar-refractivity contribution in [2.24, 2.45) is 5.92 Å².